The zero-order valence-corrected chi connectivity index (χ0v) is 19.4. The standard InChI is InChI=1S/C17H23ClF3N7.HI/c1-4-22-16(28(3)11-13-9-12(18)10-27(13)2)25-8-7-24-15-23-6-5-14(26-15)17(19,20)21;/h5-6,9-10H,4,7-8,11H2,1-3H3,(H,22,25)(H,23,24,26);1H. The number of alkyl halides is 3. The maximum absolute atomic E-state index is 12.7. The van der Waals surface area contributed by atoms with Crippen molar-refractivity contribution in [3.05, 3.63) is 40.9 Å². The SMILES string of the molecule is CCNC(=NCCNc1nccc(C(F)(F)F)n1)N(C)Cc1cc(Cl)cn1C.I. The zero-order valence-electron chi connectivity index (χ0n) is 16.3. The summed E-state index contributed by atoms with van der Waals surface area (Å²) in [5, 5.41) is 6.61. The molecule has 0 aliphatic rings. The Balaban J connectivity index is 0.00000420. The number of halogens is 5. The van der Waals surface area contributed by atoms with Crippen molar-refractivity contribution in [1.82, 2.24) is 24.8 Å². The first-order valence-corrected chi connectivity index (χ1v) is 9.02. The van der Waals surface area contributed by atoms with Crippen molar-refractivity contribution in [2.45, 2.75) is 19.6 Å². The maximum Gasteiger partial charge on any atom is 0.433 e. The van der Waals surface area contributed by atoms with Crippen LogP contribution in [0.5, 0.6) is 0 Å². The van der Waals surface area contributed by atoms with Crippen LogP contribution >= 0.6 is 35.6 Å². The van der Waals surface area contributed by atoms with E-state index in [-0.39, 0.29) is 29.9 Å². The first kappa shape index (κ1) is 25.3. The second kappa shape index (κ2) is 11.4. The van der Waals surface area contributed by atoms with E-state index >= 15 is 0 Å². The highest BCUT2D eigenvalue weighted by Gasteiger charge is 2.32. The highest BCUT2D eigenvalue weighted by Crippen LogP contribution is 2.27. The predicted octanol–water partition coefficient (Wildman–Crippen LogP) is 3.61. The molecule has 162 valence electrons. The molecular weight excluding hydrogens is 522 g/mol. The van der Waals surface area contributed by atoms with Crippen molar-refractivity contribution in [2.75, 3.05) is 32.0 Å². The number of aliphatic imine (C=N–C) groups is 1. The van der Waals surface area contributed by atoms with Gasteiger partial charge in [0.25, 0.3) is 0 Å². The van der Waals surface area contributed by atoms with Gasteiger partial charge in [0, 0.05) is 45.3 Å². The molecule has 0 radical (unpaired) electrons. The fourth-order valence-corrected chi connectivity index (χ4v) is 2.71. The van der Waals surface area contributed by atoms with Crippen molar-refractivity contribution < 1.29 is 13.2 Å². The molecule has 0 aliphatic carbocycles. The number of hydrogen-bond donors (Lipinski definition) is 2. The van der Waals surface area contributed by atoms with E-state index < -0.39 is 11.9 Å². The largest absolute Gasteiger partial charge is 0.433 e. The molecule has 12 heteroatoms. The van der Waals surface area contributed by atoms with Crippen molar-refractivity contribution in [3.8, 4) is 0 Å². The highest BCUT2D eigenvalue weighted by molar-refractivity contribution is 14.0. The Hall–Kier alpha value is -1.76. The summed E-state index contributed by atoms with van der Waals surface area (Å²) in [7, 11) is 3.81. The van der Waals surface area contributed by atoms with Crippen molar-refractivity contribution >= 4 is 47.5 Å². The van der Waals surface area contributed by atoms with Gasteiger partial charge in [0.15, 0.2) is 5.96 Å². The highest BCUT2D eigenvalue weighted by atomic mass is 127. The summed E-state index contributed by atoms with van der Waals surface area (Å²) in [6.07, 6.45) is -1.60. The minimum Gasteiger partial charge on any atom is -0.357 e. The van der Waals surface area contributed by atoms with Gasteiger partial charge in [-0.1, -0.05) is 11.6 Å². The fraction of sp³-hybridized carbons (Fsp3) is 0.471. The summed E-state index contributed by atoms with van der Waals surface area (Å²) in [6.45, 7) is 3.86. The molecule has 0 aliphatic heterocycles. The smallest absolute Gasteiger partial charge is 0.357 e. The third-order valence-electron chi connectivity index (χ3n) is 3.77. The van der Waals surface area contributed by atoms with E-state index in [9.17, 15) is 13.2 Å². The molecule has 29 heavy (non-hydrogen) atoms. The summed E-state index contributed by atoms with van der Waals surface area (Å²) in [5.74, 6) is 0.591. The molecule has 0 amide bonds. The molecule has 2 aromatic heterocycles. The predicted molar refractivity (Wildman–Crippen MR) is 119 cm³/mol. The lowest BCUT2D eigenvalue weighted by Gasteiger charge is -2.22. The average Bonchev–Trinajstić information content (AvgIpc) is 2.94. The minimum atomic E-state index is -4.50. The molecule has 2 aromatic rings. The number of aryl methyl sites for hydroxylation is 1. The number of rotatable bonds is 7. The summed E-state index contributed by atoms with van der Waals surface area (Å²) in [4.78, 5) is 13.7. The van der Waals surface area contributed by atoms with Gasteiger partial charge in [0.1, 0.15) is 5.69 Å². The molecule has 0 unspecified atom stereocenters. The van der Waals surface area contributed by atoms with E-state index in [1.807, 2.05) is 42.7 Å². The fourth-order valence-electron chi connectivity index (χ4n) is 2.44. The van der Waals surface area contributed by atoms with Crippen LogP contribution in [0.15, 0.2) is 29.5 Å². The van der Waals surface area contributed by atoms with Crippen LogP contribution in [-0.2, 0) is 19.8 Å². The van der Waals surface area contributed by atoms with Gasteiger partial charge in [-0.2, -0.15) is 13.2 Å². The van der Waals surface area contributed by atoms with Crippen LogP contribution in [-0.4, -0.2) is 52.1 Å². The molecule has 0 saturated heterocycles. The van der Waals surface area contributed by atoms with Crippen LogP contribution in [0.3, 0.4) is 0 Å². The molecule has 0 bridgehead atoms. The average molecular weight is 546 g/mol. The lowest BCUT2D eigenvalue weighted by atomic mass is 10.4. The molecule has 0 spiro atoms. The number of aromatic nitrogens is 3. The number of nitrogens with zero attached hydrogens (tertiary/aromatic N) is 5. The van der Waals surface area contributed by atoms with Gasteiger partial charge in [-0.3, -0.25) is 4.99 Å². The van der Waals surface area contributed by atoms with E-state index in [1.165, 1.54) is 0 Å². The topological polar surface area (TPSA) is 70.4 Å². The van der Waals surface area contributed by atoms with Crippen molar-refractivity contribution in [2.24, 2.45) is 12.0 Å². The molecule has 0 saturated carbocycles. The van der Waals surface area contributed by atoms with E-state index in [1.54, 1.807) is 0 Å². The molecule has 2 rings (SSSR count). The van der Waals surface area contributed by atoms with Gasteiger partial charge in [0.05, 0.1) is 18.1 Å². The van der Waals surface area contributed by atoms with E-state index in [4.69, 9.17) is 11.6 Å². The van der Waals surface area contributed by atoms with Gasteiger partial charge in [-0.15, -0.1) is 24.0 Å². The number of hydrogen-bond acceptors (Lipinski definition) is 4. The van der Waals surface area contributed by atoms with Gasteiger partial charge >= 0.3 is 6.18 Å². The quantitative estimate of drug-likeness (QED) is 0.241. The van der Waals surface area contributed by atoms with Crippen LogP contribution < -0.4 is 10.6 Å². The summed E-state index contributed by atoms with van der Waals surface area (Å²) < 4.78 is 40.0. The summed E-state index contributed by atoms with van der Waals surface area (Å²) in [6, 6.07) is 2.71. The Kier molecular flexibility index (Phi) is 9.96. The van der Waals surface area contributed by atoms with Gasteiger partial charge < -0.3 is 20.1 Å². The molecule has 0 aromatic carbocycles. The second-order valence-electron chi connectivity index (χ2n) is 6.04. The first-order chi connectivity index (χ1) is 13.2. The Labute approximate surface area is 189 Å². The number of guanidine groups is 1. The number of nitrogens with one attached hydrogen (secondary N) is 2. The number of anilines is 1. The molecule has 0 atom stereocenters. The van der Waals surface area contributed by atoms with E-state index in [0.717, 1.165) is 18.0 Å². The zero-order chi connectivity index (χ0) is 20.7. The lowest BCUT2D eigenvalue weighted by molar-refractivity contribution is -0.141. The van der Waals surface area contributed by atoms with Crippen LogP contribution in [0, 0.1) is 0 Å². The normalized spacial score (nSPS) is 11.8. The Bertz CT molecular complexity index is 811. The van der Waals surface area contributed by atoms with Crippen LogP contribution in [0.1, 0.15) is 18.3 Å². The van der Waals surface area contributed by atoms with Gasteiger partial charge in [0.2, 0.25) is 5.95 Å². The molecule has 2 heterocycles. The Morgan fingerprint density at radius 1 is 1.38 bits per heavy atom. The molecule has 2 N–H and O–H groups in total. The van der Waals surface area contributed by atoms with Crippen molar-refractivity contribution in [3.63, 3.8) is 0 Å². The second-order valence-corrected chi connectivity index (χ2v) is 6.48. The third-order valence-corrected chi connectivity index (χ3v) is 3.98. The minimum absolute atomic E-state index is 0. The lowest BCUT2D eigenvalue weighted by Crippen LogP contribution is -2.39. The monoisotopic (exact) mass is 545 g/mol. The maximum atomic E-state index is 12.7. The Morgan fingerprint density at radius 3 is 2.69 bits per heavy atom. The Morgan fingerprint density at radius 2 is 2.10 bits per heavy atom. The molecule has 7 nitrogen and oxygen atoms in total. The molecule has 0 fully saturated rings. The van der Waals surface area contributed by atoms with E-state index in [0.29, 0.717) is 37.2 Å². The van der Waals surface area contributed by atoms with Crippen molar-refractivity contribution in [1.29, 1.82) is 0 Å². The van der Waals surface area contributed by atoms with Gasteiger partial charge in [-0.25, -0.2) is 9.97 Å². The van der Waals surface area contributed by atoms with Gasteiger partial charge in [-0.05, 0) is 19.1 Å². The summed E-state index contributed by atoms with van der Waals surface area (Å²) >= 11 is 6.01. The van der Waals surface area contributed by atoms with Crippen LogP contribution in [0.25, 0.3) is 0 Å². The first-order valence-electron chi connectivity index (χ1n) is 8.65. The third kappa shape index (κ3) is 7.88. The van der Waals surface area contributed by atoms with E-state index in [2.05, 4.69) is 25.6 Å². The molecular formula is C17H24ClF3IN7. The van der Waals surface area contributed by atoms with Crippen LogP contribution in [0.4, 0.5) is 19.1 Å². The summed E-state index contributed by atoms with van der Waals surface area (Å²) in [5.41, 5.74) is 0.0383. The van der Waals surface area contributed by atoms with Crippen LogP contribution in [0.2, 0.25) is 5.02 Å².